The molecule has 2 amide bonds. The second-order valence-corrected chi connectivity index (χ2v) is 21.8. The van der Waals surface area contributed by atoms with Crippen LogP contribution in [0.3, 0.4) is 0 Å². The highest BCUT2D eigenvalue weighted by Gasteiger charge is 2.37. The van der Waals surface area contributed by atoms with E-state index in [1.54, 1.807) is 64.8 Å². The first kappa shape index (κ1) is 74.9. The van der Waals surface area contributed by atoms with E-state index in [2.05, 4.69) is 42.2 Å². The molecule has 8 unspecified atom stereocenters. The highest BCUT2D eigenvalue weighted by Crippen LogP contribution is 2.42. The van der Waals surface area contributed by atoms with Crippen LogP contribution >= 0.6 is 0 Å². The summed E-state index contributed by atoms with van der Waals surface area (Å²) in [4.78, 5) is 90.4. The first-order valence-electron chi connectivity index (χ1n) is 29.8. The van der Waals surface area contributed by atoms with Gasteiger partial charge in [-0.3, -0.25) is 19.4 Å². The van der Waals surface area contributed by atoms with Crippen LogP contribution in [0.5, 0.6) is 46.0 Å². The summed E-state index contributed by atoms with van der Waals surface area (Å²) in [6, 6.07) is 25.1. The molecule has 0 saturated carbocycles. The third-order valence-electron chi connectivity index (χ3n) is 15.7. The molecule has 0 aromatic heterocycles. The zero-order valence-electron chi connectivity index (χ0n) is 54.7. The summed E-state index contributed by atoms with van der Waals surface area (Å²) in [6.45, 7) is 10.6. The molecule has 92 heavy (non-hydrogen) atoms. The van der Waals surface area contributed by atoms with Crippen molar-refractivity contribution in [3.63, 3.8) is 0 Å². The van der Waals surface area contributed by atoms with Crippen LogP contribution in [0.1, 0.15) is 127 Å². The van der Waals surface area contributed by atoms with E-state index in [0.717, 1.165) is 24.0 Å². The maximum atomic E-state index is 13.8. The molecule has 0 spiro atoms. The Bertz CT molecular complexity index is 3000. The molecule has 8 atom stereocenters. The standard InChI is InChI=1S/C64H86N8O20/c1-15-27-63(39-65,47-21-25-49(81-9)55(35-47)85-13)29-17-31-69(7)43(5)45-19-23-51(53(33-45)83-11)87-61(57(73)67-37-41(3)91-71(77)78)89-59(75)60(76)90-62(58(74)68-38-42(4)92-72(79)80)88-52-24-20-46(34-54(52)84-12)44(6)70(8)32-18-30-64(40-66,28-16-2)48-22-26-50(82-10)56(36-48)86-14/h19-26,33-36,41-44,61-62H,15-18,27-32,37-38H2,1-14H3,(H,67,73)(H,68,74). The Hall–Kier alpha value is -9.54. The molecular weight excluding hydrogens is 1200 g/mol. The highest BCUT2D eigenvalue weighted by molar-refractivity contribution is 6.30. The summed E-state index contributed by atoms with van der Waals surface area (Å²) in [5, 5.41) is 45.8. The number of benzene rings is 4. The summed E-state index contributed by atoms with van der Waals surface area (Å²) < 4.78 is 55.7. The predicted molar refractivity (Wildman–Crippen MR) is 332 cm³/mol. The van der Waals surface area contributed by atoms with Gasteiger partial charge in [-0.05, 0) is 164 Å². The van der Waals surface area contributed by atoms with Gasteiger partial charge in [0.1, 0.15) is 12.2 Å². The van der Waals surface area contributed by atoms with Gasteiger partial charge in [0.05, 0.1) is 65.6 Å². The lowest BCUT2D eigenvalue weighted by Crippen LogP contribution is -2.47. The molecule has 2 N–H and O–H groups in total. The Morgan fingerprint density at radius 3 is 1.14 bits per heavy atom. The molecule has 0 saturated heterocycles. The van der Waals surface area contributed by atoms with E-state index < -0.39 is 82.6 Å². The second-order valence-electron chi connectivity index (χ2n) is 21.8. The third-order valence-corrected chi connectivity index (χ3v) is 15.7. The van der Waals surface area contributed by atoms with E-state index in [4.69, 9.17) is 47.4 Å². The highest BCUT2D eigenvalue weighted by atomic mass is 17.0. The van der Waals surface area contributed by atoms with E-state index in [0.29, 0.717) is 85.7 Å². The van der Waals surface area contributed by atoms with Crippen molar-refractivity contribution in [3.05, 3.63) is 115 Å². The zero-order valence-corrected chi connectivity index (χ0v) is 54.7. The molecule has 4 aromatic rings. The molecule has 0 aliphatic carbocycles. The van der Waals surface area contributed by atoms with Crippen LogP contribution in [0.2, 0.25) is 0 Å². The minimum absolute atomic E-state index is 0.0436. The van der Waals surface area contributed by atoms with Crippen LogP contribution < -0.4 is 48.5 Å². The van der Waals surface area contributed by atoms with Gasteiger partial charge in [-0.1, -0.05) is 51.0 Å². The fourth-order valence-corrected chi connectivity index (χ4v) is 10.3. The van der Waals surface area contributed by atoms with E-state index in [9.17, 15) is 49.9 Å². The SMILES string of the molecule is CCCC(C#N)(CCCN(C)C(C)c1ccc(OC(OC(=O)C(=O)OC(Oc2ccc(C(C)N(C)CCCC(C#N)(CCC)c3ccc(OC)c(OC)c3)cc2OC)C(=O)NCC(C)O[N+](=O)[O-])C(=O)NCC(C)O[N+](=O)[O-])c(OC)c1)c1ccc(OC)c(OC)c1. The summed E-state index contributed by atoms with van der Waals surface area (Å²) >= 11 is 0. The average Bonchev–Trinajstić information content (AvgIpc) is 0.849. The smallest absolute Gasteiger partial charge is 0.421 e. The Morgan fingerprint density at radius 2 is 0.837 bits per heavy atom. The van der Waals surface area contributed by atoms with E-state index in [1.807, 2.05) is 66.1 Å². The number of ether oxygens (including phenoxy) is 10. The monoisotopic (exact) mass is 1290 g/mol. The van der Waals surface area contributed by atoms with Gasteiger partial charge in [-0.15, -0.1) is 20.2 Å². The molecule has 0 fully saturated rings. The first-order chi connectivity index (χ1) is 43.8. The van der Waals surface area contributed by atoms with E-state index >= 15 is 0 Å². The molecule has 502 valence electrons. The van der Waals surface area contributed by atoms with Gasteiger partial charge in [0.15, 0.2) is 46.0 Å². The van der Waals surface area contributed by atoms with Gasteiger partial charge in [0.25, 0.3) is 10.2 Å². The minimum atomic E-state index is -2.34. The molecule has 4 aromatic carbocycles. The largest absolute Gasteiger partial charge is 0.493 e. The molecule has 0 heterocycles. The molecule has 0 aliphatic heterocycles. The quantitative estimate of drug-likeness (QED) is 0.0139. The van der Waals surface area contributed by atoms with Crippen LogP contribution in [-0.2, 0) is 49.2 Å². The molecule has 28 nitrogen and oxygen atoms in total. The molecule has 0 bridgehead atoms. The number of hydrogen-bond donors (Lipinski definition) is 2. The Morgan fingerprint density at radius 1 is 0.511 bits per heavy atom. The van der Waals surface area contributed by atoms with Crippen LogP contribution in [0.15, 0.2) is 72.8 Å². The number of carbonyl (C=O) groups excluding carboxylic acids is 4. The molecule has 4 rings (SSSR count). The summed E-state index contributed by atoms with van der Waals surface area (Å²) in [5.74, 6) is -4.37. The van der Waals surface area contributed by atoms with Crippen molar-refractivity contribution in [1.29, 1.82) is 10.5 Å². The number of methoxy groups -OCH3 is 6. The van der Waals surface area contributed by atoms with Crippen LogP contribution in [-0.4, -0.2) is 151 Å². The molecular formula is C64H86N8O20. The lowest BCUT2D eigenvalue weighted by atomic mass is 9.74. The summed E-state index contributed by atoms with van der Waals surface area (Å²) in [7, 11) is 12.6. The van der Waals surface area contributed by atoms with Gasteiger partial charge in [-0.25, -0.2) is 9.59 Å². The Balaban J connectivity index is 1.57. The van der Waals surface area contributed by atoms with Gasteiger partial charge in [0.2, 0.25) is 0 Å². The second kappa shape index (κ2) is 36.3. The zero-order chi connectivity index (χ0) is 68.3. The minimum Gasteiger partial charge on any atom is -0.493 e. The van der Waals surface area contributed by atoms with Crippen molar-refractivity contribution < 1.29 is 86.4 Å². The number of amides is 2. The van der Waals surface area contributed by atoms with Crippen molar-refractivity contribution in [3.8, 4) is 58.1 Å². The van der Waals surface area contributed by atoms with E-state index in [1.165, 1.54) is 40.2 Å². The van der Waals surface area contributed by atoms with Crippen LogP contribution in [0, 0.1) is 42.9 Å². The van der Waals surface area contributed by atoms with Crippen molar-refractivity contribution in [2.24, 2.45) is 0 Å². The normalized spacial score (nSPS) is 14.3. The van der Waals surface area contributed by atoms with Gasteiger partial charge in [0, 0.05) is 25.2 Å². The molecule has 28 heteroatoms. The van der Waals surface area contributed by atoms with Gasteiger partial charge >= 0.3 is 36.3 Å². The van der Waals surface area contributed by atoms with Crippen LogP contribution in [0.4, 0.5) is 0 Å². The van der Waals surface area contributed by atoms with Gasteiger partial charge < -0.3 is 67.7 Å². The topological polar surface area (TPSA) is 343 Å². The van der Waals surface area contributed by atoms with Crippen molar-refractivity contribution >= 4 is 23.8 Å². The van der Waals surface area contributed by atoms with Crippen molar-refractivity contribution in [1.82, 2.24) is 20.4 Å². The number of nitriles is 2. The lowest BCUT2D eigenvalue weighted by Gasteiger charge is -2.30. The third kappa shape index (κ3) is 20.8. The number of esters is 2. The number of carbonyl (C=O) groups is 4. The maximum absolute atomic E-state index is 13.8. The maximum Gasteiger partial charge on any atom is 0.421 e. The fourth-order valence-electron chi connectivity index (χ4n) is 10.3. The van der Waals surface area contributed by atoms with Gasteiger partial charge in [-0.2, -0.15) is 10.5 Å². The Kier molecular flexibility index (Phi) is 29.6. The number of hydrogen-bond acceptors (Lipinski definition) is 24. The lowest BCUT2D eigenvalue weighted by molar-refractivity contribution is -0.767. The summed E-state index contributed by atoms with van der Waals surface area (Å²) in [5.41, 5.74) is 1.46. The Labute approximate surface area is 536 Å². The number of nitrogens with zero attached hydrogens (tertiary/aromatic N) is 6. The van der Waals surface area contributed by atoms with Crippen molar-refractivity contribution in [2.75, 3.05) is 82.9 Å². The first-order valence-corrected chi connectivity index (χ1v) is 29.8. The number of nitrogens with one attached hydrogen (secondary N) is 2. The molecule has 0 radical (unpaired) electrons. The molecule has 0 aliphatic rings. The average molecular weight is 1290 g/mol. The predicted octanol–water partition coefficient (Wildman–Crippen LogP) is 8.43. The van der Waals surface area contributed by atoms with Crippen molar-refractivity contribution in [2.45, 2.75) is 141 Å². The fraction of sp³-hybridized carbons (Fsp3) is 0.531. The number of rotatable bonds is 40. The van der Waals surface area contributed by atoms with E-state index in [-0.39, 0.29) is 35.1 Å². The summed E-state index contributed by atoms with van der Waals surface area (Å²) in [6.07, 6.45) is -2.04. The van der Waals surface area contributed by atoms with Crippen LogP contribution in [0.25, 0.3) is 0 Å².